The number of hydrogen-bond donors (Lipinski definition) is 3. The zero-order valence-corrected chi connectivity index (χ0v) is 17.7. The Labute approximate surface area is 169 Å². The van der Waals surface area contributed by atoms with Crippen LogP contribution in [0.15, 0.2) is 35.3 Å². The van der Waals surface area contributed by atoms with Gasteiger partial charge in [-0.15, -0.1) is 0 Å². The van der Waals surface area contributed by atoms with Gasteiger partial charge in [0.25, 0.3) is 0 Å². The fourth-order valence-corrected chi connectivity index (χ4v) is 3.40. The van der Waals surface area contributed by atoms with Gasteiger partial charge in [0, 0.05) is 31.0 Å². The average molecular weight is 386 g/mol. The molecule has 0 spiro atoms. The summed E-state index contributed by atoms with van der Waals surface area (Å²) in [6, 6.07) is 10.2. The second-order valence-corrected chi connectivity index (χ2v) is 7.14. The largest absolute Gasteiger partial charge is 0.396 e. The van der Waals surface area contributed by atoms with E-state index in [1.165, 1.54) is 0 Å². The molecule has 0 aliphatic heterocycles. The van der Waals surface area contributed by atoms with Crippen molar-refractivity contribution in [1.82, 2.24) is 20.4 Å². The van der Waals surface area contributed by atoms with Crippen LogP contribution in [0.5, 0.6) is 0 Å². The number of nitrogens with zero attached hydrogens (tertiary/aromatic N) is 3. The first kappa shape index (κ1) is 22.0. The summed E-state index contributed by atoms with van der Waals surface area (Å²) in [4.78, 5) is 4.78. The average Bonchev–Trinajstić information content (AvgIpc) is 2.98. The minimum atomic E-state index is 0.233. The summed E-state index contributed by atoms with van der Waals surface area (Å²) in [5.41, 5.74) is 4.34. The van der Waals surface area contributed by atoms with E-state index in [1.54, 1.807) is 0 Å². The molecule has 0 aliphatic carbocycles. The Hall–Kier alpha value is -2.34. The fourth-order valence-electron chi connectivity index (χ4n) is 3.40. The van der Waals surface area contributed by atoms with Crippen molar-refractivity contribution in [1.29, 1.82) is 0 Å². The molecule has 3 N–H and O–H groups in total. The predicted octanol–water partition coefficient (Wildman–Crippen LogP) is 3.34. The number of aliphatic hydroxyl groups is 1. The molecule has 28 heavy (non-hydrogen) atoms. The first-order chi connectivity index (χ1) is 13.6. The molecule has 0 amide bonds. The fraction of sp³-hybridized carbons (Fsp3) is 0.545. The molecule has 1 atom stereocenters. The molecular weight excluding hydrogens is 350 g/mol. The monoisotopic (exact) mass is 385 g/mol. The van der Waals surface area contributed by atoms with Crippen molar-refractivity contribution < 1.29 is 5.11 Å². The van der Waals surface area contributed by atoms with Crippen molar-refractivity contribution in [3.8, 4) is 5.69 Å². The highest BCUT2D eigenvalue weighted by atomic mass is 16.3. The standard InChI is InChI=1S/C22H35N5O/c1-5-10-19(13-14-28)15-24-22(23-6-2)25-16-21-17(3)26-27(18(21)4)20-11-8-7-9-12-20/h7-9,11-12,19,28H,5-6,10,13-16H2,1-4H3,(H2,23,24,25). The first-order valence-corrected chi connectivity index (χ1v) is 10.3. The lowest BCUT2D eigenvalue weighted by atomic mass is 10.0. The molecular formula is C22H35N5O. The van der Waals surface area contributed by atoms with E-state index in [9.17, 15) is 5.11 Å². The summed E-state index contributed by atoms with van der Waals surface area (Å²) in [6.07, 6.45) is 3.05. The van der Waals surface area contributed by atoms with Crippen molar-refractivity contribution in [3.05, 3.63) is 47.3 Å². The van der Waals surface area contributed by atoms with Crippen LogP contribution < -0.4 is 10.6 Å². The molecule has 154 valence electrons. The van der Waals surface area contributed by atoms with E-state index in [1.807, 2.05) is 29.8 Å². The maximum Gasteiger partial charge on any atom is 0.191 e. The van der Waals surface area contributed by atoms with Crippen LogP contribution in [-0.4, -0.2) is 40.5 Å². The van der Waals surface area contributed by atoms with Gasteiger partial charge in [-0.1, -0.05) is 31.5 Å². The molecule has 6 nitrogen and oxygen atoms in total. The maximum atomic E-state index is 9.26. The number of rotatable bonds is 10. The number of guanidine groups is 1. The van der Waals surface area contributed by atoms with Crippen molar-refractivity contribution in [2.24, 2.45) is 10.9 Å². The number of hydrogen-bond acceptors (Lipinski definition) is 3. The molecule has 0 bridgehead atoms. The first-order valence-electron chi connectivity index (χ1n) is 10.3. The number of aliphatic hydroxyl groups excluding tert-OH is 1. The van der Waals surface area contributed by atoms with Crippen molar-refractivity contribution in [3.63, 3.8) is 0 Å². The summed E-state index contributed by atoms with van der Waals surface area (Å²) in [7, 11) is 0. The van der Waals surface area contributed by atoms with E-state index in [0.29, 0.717) is 12.5 Å². The maximum absolute atomic E-state index is 9.26. The zero-order chi connectivity index (χ0) is 20.4. The summed E-state index contributed by atoms with van der Waals surface area (Å²) < 4.78 is 1.99. The number of aliphatic imine (C=N–C) groups is 1. The van der Waals surface area contributed by atoms with Gasteiger partial charge in [0.2, 0.25) is 0 Å². The number of aryl methyl sites for hydroxylation is 1. The number of nitrogens with one attached hydrogen (secondary N) is 2. The molecule has 0 aliphatic rings. The van der Waals surface area contributed by atoms with Gasteiger partial charge in [0.1, 0.15) is 0 Å². The van der Waals surface area contributed by atoms with Crippen LogP contribution in [0.1, 0.15) is 50.1 Å². The van der Waals surface area contributed by atoms with E-state index < -0.39 is 0 Å². The van der Waals surface area contributed by atoms with Crippen LogP contribution in [0.2, 0.25) is 0 Å². The van der Waals surface area contributed by atoms with Gasteiger partial charge in [-0.3, -0.25) is 0 Å². The SMILES string of the molecule is CCCC(CCO)CNC(=NCc1c(C)nn(-c2ccccc2)c1C)NCC. The Kier molecular flexibility index (Phi) is 9.01. The normalized spacial score (nSPS) is 12.8. The second kappa shape index (κ2) is 11.5. The van der Waals surface area contributed by atoms with Gasteiger partial charge in [0.05, 0.1) is 17.9 Å². The van der Waals surface area contributed by atoms with Crippen LogP contribution in [0.25, 0.3) is 5.69 Å². The Morgan fingerprint density at radius 3 is 2.54 bits per heavy atom. The van der Waals surface area contributed by atoms with Crippen molar-refractivity contribution in [2.75, 3.05) is 19.7 Å². The van der Waals surface area contributed by atoms with Crippen LogP contribution in [-0.2, 0) is 6.54 Å². The van der Waals surface area contributed by atoms with E-state index in [-0.39, 0.29) is 6.61 Å². The molecule has 1 unspecified atom stereocenters. The van der Waals surface area contributed by atoms with Crippen molar-refractivity contribution in [2.45, 2.75) is 53.5 Å². The van der Waals surface area contributed by atoms with Crippen LogP contribution in [0.3, 0.4) is 0 Å². The van der Waals surface area contributed by atoms with Crippen molar-refractivity contribution >= 4 is 5.96 Å². The van der Waals surface area contributed by atoms with E-state index in [4.69, 9.17) is 10.1 Å². The Bertz CT molecular complexity index is 733. The lowest BCUT2D eigenvalue weighted by molar-refractivity contribution is 0.251. The summed E-state index contributed by atoms with van der Waals surface area (Å²) in [6.45, 7) is 10.8. The Balaban J connectivity index is 2.11. The molecule has 0 saturated heterocycles. The highest BCUT2D eigenvalue weighted by Gasteiger charge is 2.13. The molecule has 0 fully saturated rings. The van der Waals surface area contributed by atoms with Crippen LogP contribution >= 0.6 is 0 Å². The zero-order valence-electron chi connectivity index (χ0n) is 17.7. The van der Waals surface area contributed by atoms with Crippen LogP contribution in [0, 0.1) is 19.8 Å². The van der Waals surface area contributed by atoms with Gasteiger partial charge < -0.3 is 15.7 Å². The summed E-state index contributed by atoms with van der Waals surface area (Å²) in [5, 5.41) is 20.7. The molecule has 0 radical (unpaired) electrons. The third kappa shape index (κ3) is 6.09. The molecule has 6 heteroatoms. The third-order valence-corrected chi connectivity index (χ3v) is 4.97. The second-order valence-electron chi connectivity index (χ2n) is 7.14. The topological polar surface area (TPSA) is 74.5 Å². The molecule has 2 rings (SSSR count). The predicted molar refractivity (Wildman–Crippen MR) is 116 cm³/mol. The van der Waals surface area contributed by atoms with Gasteiger partial charge in [-0.25, -0.2) is 9.67 Å². The van der Waals surface area contributed by atoms with Crippen LogP contribution in [0.4, 0.5) is 0 Å². The smallest absolute Gasteiger partial charge is 0.191 e. The molecule has 0 saturated carbocycles. The van der Waals surface area contributed by atoms with E-state index in [0.717, 1.165) is 61.0 Å². The minimum Gasteiger partial charge on any atom is -0.396 e. The Morgan fingerprint density at radius 1 is 1.14 bits per heavy atom. The number of para-hydroxylation sites is 1. The molecule has 1 heterocycles. The highest BCUT2D eigenvalue weighted by Crippen LogP contribution is 2.18. The van der Waals surface area contributed by atoms with E-state index in [2.05, 4.69) is 43.5 Å². The third-order valence-electron chi connectivity index (χ3n) is 4.97. The lowest BCUT2D eigenvalue weighted by Gasteiger charge is -2.18. The quantitative estimate of drug-likeness (QED) is 0.433. The number of aromatic nitrogens is 2. The van der Waals surface area contributed by atoms with E-state index >= 15 is 0 Å². The van der Waals surface area contributed by atoms with Gasteiger partial charge in [0.15, 0.2) is 5.96 Å². The Morgan fingerprint density at radius 2 is 1.89 bits per heavy atom. The molecule has 1 aromatic heterocycles. The van der Waals surface area contributed by atoms with Gasteiger partial charge in [-0.2, -0.15) is 5.10 Å². The van der Waals surface area contributed by atoms with Gasteiger partial charge in [-0.05, 0) is 51.7 Å². The molecule has 1 aromatic carbocycles. The minimum absolute atomic E-state index is 0.233. The summed E-state index contributed by atoms with van der Waals surface area (Å²) >= 11 is 0. The van der Waals surface area contributed by atoms with Gasteiger partial charge >= 0.3 is 0 Å². The highest BCUT2D eigenvalue weighted by molar-refractivity contribution is 5.79. The number of benzene rings is 1. The lowest BCUT2D eigenvalue weighted by Crippen LogP contribution is -2.40. The molecule has 2 aromatic rings. The summed E-state index contributed by atoms with van der Waals surface area (Å²) in [5.74, 6) is 1.27.